The van der Waals surface area contributed by atoms with Gasteiger partial charge in [0.05, 0.1) is 17.1 Å². The van der Waals surface area contributed by atoms with Gasteiger partial charge in [0.15, 0.2) is 5.82 Å². The zero-order chi connectivity index (χ0) is 33.0. The van der Waals surface area contributed by atoms with E-state index < -0.39 is 0 Å². The maximum Gasteiger partial charge on any atom is 0.161 e. The lowest BCUT2D eigenvalue weighted by Gasteiger charge is -2.23. The molecule has 1 aliphatic carbocycles. The second-order valence-electron chi connectivity index (χ2n) is 13.3. The van der Waals surface area contributed by atoms with E-state index in [0.29, 0.717) is 5.82 Å². The number of pyridine rings is 1. The van der Waals surface area contributed by atoms with Gasteiger partial charge in [0.25, 0.3) is 0 Å². The molecule has 0 atom stereocenters. The van der Waals surface area contributed by atoms with E-state index in [2.05, 4.69) is 129 Å². The van der Waals surface area contributed by atoms with E-state index in [0.717, 1.165) is 39.3 Å². The Hall–Kier alpha value is -6.19. The molecule has 2 heterocycles. The minimum absolute atomic E-state index is 0.0964. The Balaban J connectivity index is 1.08. The molecule has 0 fully saturated rings. The highest BCUT2D eigenvalue weighted by molar-refractivity contribution is 5.98. The molecular formula is C46H33N3. The molecule has 49 heavy (non-hydrogen) atoms. The molecule has 0 saturated carbocycles. The van der Waals surface area contributed by atoms with Gasteiger partial charge in [-0.05, 0) is 68.4 Å². The number of hydrogen-bond donors (Lipinski definition) is 0. The molecule has 0 saturated heterocycles. The largest absolute Gasteiger partial charge is 0.255 e. The van der Waals surface area contributed by atoms with Crippen molar-refractivity contribution in [1.82, 2.24) is 15.0 Å². The summed E-state index contributed by atoms with van der Waals surface area (Å²) in [5.74, 6) is 0.653. The molecule has 1 aliphatic rings. The van der Waals surface area contributed by atoms with E-state index in [4.69, 9.17) is 15.0 Å². The summed E-state index contributed by atoms with van der Waals surface area (Å²) < 4.78 is 0. The van der Waals surface area contributed by atoms with Crippen LogP contribution in [-0.2, 0) is 5.41 Å². The van der Waals surface area contributed by atoms with Crippen LogP contribution in [-0.4, -0.2) is 15.0 Å². The van der Waals surface area contributed by atoms with Crippen LogP contribution in [0.4, 0.5) is 0 Å². The summed E-state index contributed by atoms with van der Waals surface area (Å²) in [6.07, 6.45) is 1.87. The Morgan fingerprint density at radius 3 is 1.69 bits per heavy atom. The Kier molecular flexibility index (Phi) is 6.80. The van der Waals surface area contributed by atoms with Gasteiger partial charge < -0.3 is 0 Å². The van der Waals surface area contributed by atoms with Crippen molar-refractivity contribution in [3.63, 3.8) is 0 Å². The number of aromatic nitrogens is 3. The smallest absolute Gasteiger partial charge is 0.161 e. The van der Waals surface area contributed by atoms with Gasteiger partial charge in [0.2, 0.25) is 0 Å². The Labute approximate surface area is 286 Å². The number of benzene rings is 6. The summed E-state index contributed by atoms with van der Waals surface area (Å²) in [4.78, 5) is 14.8. The zero-order valence-electron chi connectivity index (χ0n) is 27.4. The fraction of sp³-hybridized carbons (Fsp3) is 0.0652. The van der Waals surface area contributed by atoms with Gasteiger partial charge in [-0.3, -0.25) is 4.98 Å². The summed E-state index contributed by atoms with van der Waals surface area (Å²) in [5.41, 5.74) is 14.5. The molecule has 6 aromatic carbocycles. The van der Waals surface area contributed by atoms with Crippen LogP contribution in [0.1, 0.15) is 25.0 Å². The molecule has 3 heteroatoms. The van der Waals surface area contributed by atoms with Gasteiger partial charge in [-0.15, -0.1) is 0 Å². The lowest BCUT2D eigenvalue weighted by Crippen LogP contribution is -2.15. The van der Waals surface area contributed by atoms with Gasteiger partial charge in [-0.25, -0.2) is 9.97 Å². The second-order valence-corrected chi connectivity index (χ2v) is 13.3. The summed E-state index contributed by atoms with van der Waals surface area (Å²) in [6.45, 7) is 4.72. The predicted molar refractivity (Wildman–Crippen MR) is 202 cm³/mol. The van der Waals surface area contributed by atoms with Gasteiger partial charge >= 0.3 is 0 Å². The monoisotopic (exact) mass is 627 g/mol. The highest BCUT2D eigenvalue weighted by Gasteiger charge is 2.37. The van der Waals surface area contributed by atoms with E-state index in [1.807, 2.05) is 48.7 Å². The molecular weight excluding hydrogens is 595 g/mol. The highest BCUT2D eigenvalue weighted by Crippen LogP contribution is 2.52. The van der Waals surface area contributed by atoms with Crippen molar-refractivity contribution >= 4 is 10.8 Å². The van der Waals surface area contributed by atoms with Crippen molar-refractivity contribution in [2.24, 2.45) is 0 Å². The fourth-order valence-corrected chi connectivity index (χ4v) is 7.40. The molecule has 0 radical (unpaired) electrons. The van der Waals surface area contributed by atoms with Gasteiger partial charge in [0.1, 0.15) is 0 Å². The Morgan fingerprint density at radius 1 is 0.429 bits per heavy atom. The molecule has 0 bridgehead atoms. The molecule has 2 aromatic heterocycles. The molecule has 0 aliphatic heterocycles. The third kappa shape index (κ3) is 5.03. The van der Waals surface area contributed by atoms with Crippen LogP contribution in [0.2, 0.25) is 0 Å². The standard InChI is InChI=1S/C46H33N3/c1-46(2)40-27-35(22-24-38(40)39-25-21-31-11-9-10-16-37(31)44(39)46)30-17-19-34(20-18-30)43-28-42(33-14-7-4-8-15-33)48-45(49-43)36-23-26-41(47-29-36)32-12-5-3-6-13-32/h3-29H,1-2H3. The number of rotatable bonds is 5. The molecule has 8 aromatic rings. The quantitative estimate of drug-likeness (QED) is 0.191. The van der Waals surface area contributed by atoms with Gasteiger partial charge in [-0.2, -0.15) is 0 Å². The topological polar surface area (TPSA) is 38.7 Å². The average Bonchev–Trinajstić information content (AvgIpc) is 3.41. The normalized spacial score (nSPS) is 12.9. The van der Waals surface area contributed by atoms with Crippen LogP contribution in [0.15, 0.2) is 164 Å². The van der Waals surface area contributed by atoms with Crippen molar-refractivity contribution in [1.29, 1.82) is 0 Å². The van der Waals surface area contributed by atoms with Crippen molar-refractivity contribution in [2.75, 3.05) is 0 Å². The zero-order valence-corrected chi connectivity index (χ0v) is 27.4. The fourth-order valence-electron chi connectivity index (χ4n) is 7.40. The third-order valence-electron chi connectivity index (χ3n) is 9.94. The number of fused-ring (bicyclic) bond motifs is 5. The molecule has 232 valence electrons. The second kappa shape index (κ2) is 11.5. The van der Waals surface area contributed by atoms with Crippen molar-refractivity contribution < 1.29 is 0 Å². The summed E-state index contributed by atoms with van der Waals surface area (Å²) in [6, 6.07) is 55.7. The molecule has 0 spiro atoms. The van der Waals surface area contributed by atoms with E-state index in [1.54, 1.807) is 0 Å². The number of nitrogens with zero attached hydrogens (tertiary/aromatic N) is 3. The van der Waals surface area contributed by atoms with E-state index >= 15 is 0 Å². The number of hydrogen-bond acceptors (Lipinski definition) is 3. The van der Waals surface area contributed by atoms with Crippen molar-refractivity contribution in [2.45, 2.75) is 19.3 Å². The molecule has 9 rings (SSSR count). The summed E-state index contributed by atoms with van der Waals surface area (Å²) in [5, 5.41) is 2.64. The molecule has 0 amide bonds. The first-order valence-corrected chi connectivity index (χ1v) is 16.8. The summed E-state index contributed by atoms with van der Waals surface area (Å²) in [7, 11) is 0. The van der Waals surface area contributed by atoms with Crippen LogP contribution in [0.3, 0.4) is 0 Å². The Morgan fingerprint density at radius 2 is 1.00 bits per heavy atom. The third-order valence-corrected chi connectivity index (χ3v) is 9.94. The molecule has 0 unspecified atom stereocenters. The highest BCUT2D eigenvalue weighted by atomic mass is 14.9. The van der Waals surface area contributed by atoms with E-state index in [9.17, 15) is 0 Å². The van der Waals surface area contributed by atoms with Crippen LogP contribution >= 0.6 is 0 Å². The van der Waals surface area contributed by atoms with E-state index in [1.165, 1.54) is 44.2 Å². The van der Waals surface area contributed by atoms with Crippen LogP contribution in [0.5, 0.6) is 0 Å². The average molecular weight is 628 g/mol. The minimum Gasteiger partial charge on any atom is -0.255 e. The maximum absolute atomic E-state index is 5.07. The van der Waals surface area contributed by atoms with Gasteiger partial charge in [0, 0.05) is 33.9 Å². The van der Waals surface area contributed by atoms with Crippen LogP contribution in [0, 0.1) is 0 Å². The van der Waals surface area contributed by atoms with Crippen molar-refractivity contribution in [3.8, 4) is 67.4 Å². The summed E-state index contributed by atoms with van der Waals surface area (Å²) >= 11 is 0. The van der Waals surface area contributed by atoms with Crippen LogP contribution < -0.4 is 0 Å². The van der Waals surface area contributed by atoms with Crippen LogP contribution in [0.25, 0.3) is 78.2 Å². The Bertz CT molecular complexity index is 2480. The molecule has 3 nitrogen and oxygen atoms in total. The SMILES string of the molecule is CC1(C)c2cc(-c3ccc(-c4cc(-c5ccccc5)nc(-c5ccc(-c6ccccc6)nc5)n4)cc3)ccc2-c2ccc3ccccc3c21. The maximum atomic E-state index is 5.07. The van der Waals surface area contributed by atoms with E-state index in [-0.39, 0.29) is 5.41 Å². The van der Waals surface area contributed by atoms with Gasteiger partial charge in [-0.1, -0.05) is 147 Å². The van der Waals surface area contributed by atoms with Crippen molar-refractivity contribution in [3.05, 3.63) is 175 Å². The predicted octanol–water partition coefficient (Wildman–Crippen LogP) is 11.7. The lowest BCUT2D eigenvalue weighted by molar-refractivity contribution is 0.666. The minimum atomic E-state index is -0.0964. The lowest BCUT2D eigenvalue weighted by atomic mass is 9.79. The first kappa shape index (κ1) is 29.0. The first-order chi connectivity index (χ1) is 24.0. The first-order valence-electron chi connectivity index (χ1n) is 16.8. The molecule has 0 N–H and O–H groups in total.